The highest BCUT2D eigenvalue weighted by Crippen LogP contribution is 2.65. The van der Waals surface area contributed by atoms with Gasteiger partial charge in [0.15, 0.2) is 9.75 Å². The number of carbonyl (C=O) groups is 4. The average Bonchev–Trinajstić information content (AvgIpc) is 3.35. The number of likely N-dealkylation sites (tertiary alicyclic amines) is 1. The number of alkyl halides is 2. The van der Waals surface area contributed by atoms with Crippen LogP contribution in [-0.2, 0) is 19.2 Å². The molecule has 0 radical (unpaired) electrons. The van der Waals surface area contributed by atoms with Gasteiger partial charge in [-0.3, -0.25) is 29.0 Å². The van der Waals surface area contributed by atoms with E-state index in [-0.39, 0.29) is 30.4 Å². The maximum Gasteiger partial charge on any atom is 0.253 e. The first-order valence-electron chi connectivity index (χ1n) is 14.9. The molecule has 3 fully saturated rings. The Morgan fingerprint density at radius 1 is 0.844 bits per heavy atom. The molecule has 2 saturated heterocycles. The van der Waals surface area contributed by atoms with Crippen LogP contribution in [0.25, 0.3) is 0 Å². The standard InChI is InChI=1S/C35H31Cl2N3O5/c1-18-15-20(16-19(2)29(18)41)28-24-13-14-25-27(26(24)17-34(36)32(44)39(3)33(45)35(28,34)37)31(43)40(30(25)42)23-11-9-22(10-12-23)38-21-7-5-4-6-8-21/h4-13,15-16,25-28,38,41H,14,17H2,1-3H3. The van der Waals surface area contributed by atoms with E-state index in [1.165, 1.54) is 11.9 Å². The van der Waals surface area contributed by atoms with Crippen molar-refractivity contribution in [1.82, 2.24) is 4.90 Å². The third-order valence-corrected chi connectivity index (χ3v) is 11.5. The van der Waals surface area contributed by atoms with Crippen LogP contribution in [0.3, 0.4) is 0 Å². The molecule has 6 atom stereocenters. The molecule has 0 bridgehead atoms. The lowest BCUT2D eigenvalue weighted by Crippen LogP contribution is -2.60. The van der Waals surface area contributed by atoms with Crippen LogP contribution in [0.15, 0.2) is 78.4 Å². The molecule has 6 unspecified atom stereocenters. The Balaban J connectivity index is 1.29. The average molecular weight is 645 g/mol. The number of fused-ring (bicyclic) bond motifs is 4. The summed E-state index contributed by atoms with van der Waals surface area (Å²) in [5, 5.41) is 13.8. The summed E-state index contributed by atoms with van der Waals surface area (Å²) in [6, 6.07) is 20.3. The molecule has 230 valence electrons. The molecule has 7 rings (SSSR count). The number of rotatable bonds is 4. The Labute approximate surface area is 270 Å². The second kappa shape index (κ2) is 10.2. The zero-order chi connectivity index (χ0) is 32.0. The van der Waals surface area contributed by atoms with Gasteiger partial charge in [-0.05, 0) is 85.7 Å². The van der Waals surface area contributed by atoms with Gasteiger partial charge < -0.3 is 10.4 Å². The van der Waals surface area contributed by atoms with E-state index in [9.17, 15) is 24.3 Å². The summed E-state index contributed by atoms with van der Waals surface area (Å²) in [7, 11) is 1.37. The van der Waals surface area contributed by atoms with Gasteiger partial charge >= 0.3 is 0 Å². The Bertz CT molecular complexity index is 1800. The third kappa shape index (κ3) is 4.04. The predicted octanol–water partition coefficient (Wildman–Crippen LogP) is 5.95. The van der Waals surface area contributed by atoms with Crippen LogP contribution in [0.5, 0.6) is 5.75 Å². The maximum atomic E-state index is 14.3. The molecule has 0 aromatic heterocycles. The van der Waals surface area contributed by atoms with Crippen molar-refractivity contribution in [3.63, 3.8) is 0 Å². The SMILES string of the molecule is Cc1cc(C2C3=CCC4C(=O)N(c5ccc(Nc6ccccc6)cc5)C(=O)C4C3CC3(Cl)C(=O)N(C)C(=O)C23Cl)cc(C)c1O. The minimum absolute atomic E-state index is 0.0701. The van der Waals surface area contributed by atoms with Crippen LogP contribution in [0.4, 0.5) is 17.1 Å². The van der Waals surface area contributed by atoms with Gasteiger partial charge in [-0.25, -0.2) is 0 Å². The van der Waals surface area contributed by atoms with Crippen LogP contribution in [0.1, 0.15) is 35.4 Å². The zero-order valence-electron chi connectivity index (χ0n) is 24.9. The number of benzene rings is 3. The lowest BCUT2D eigenvalue weighted by molar-refractivity contribution is -0.138. The molecule has 45 heavy (non-hydrogen) atoms. The van der Waals surface area contributed by atoms with E-state index in [1.54, 1.807) is 38.1 Å². The first-order chi connectivity index (χ1) is 21.4. The van der Waals surface area contributed by atoms with Gasteiger partial charge in [0.2, 0.25) is 11.8 Å². The van der Waals surface area contributed by atoms with Gasteiger partial charge in [0.05, 0.1) is 17.5 Å². The number of hydrogen-bond acceptors (Lipinski definition) is 6. The van der Waals surface area contributed by atoms with Crippen LogP contribution in [0, 0.1) is 31.6 Å². The van der Waals surface area contributed by atoms with Gasteiger partial charge in [-0.1, -0.05) is 42.0 Å². The van der Waals surface area contributed by atoms with Crippen molar-refractivity contribution in [2.75, 3.05) is 17.3 Å². The molecule has 4 aliphatic rings. The maximum absolute atomic E-state index is 14.3. The summed E-state index contributed by atoms with van der Waals surface area (Å²) >= 11 is 14.5. The largest absolute Gasteiger partial charge is 0.507 e. The smallest absolute Gasteiger partial charge is 0.253 e. The van der Waals surface area contributed by atoms with Crippen molar-refractivity contribution in [3.8, 4) is 5.75 Å². The molecule has 2 aliphatic heterocycles. The van der Waals surface area contributed by atoms with Crippen molar-refractivity contribution in [2.24, 2.45) is 17.8 Å². The number of phenols is 1. The van der Waals surface area contributed by atoms with E-state index in [1.807, 2.05) is 48.5 Å². The summed E-state index contributed by atoms with van der Waals surface area (Å²) in [6.07, 6.45) is 2.11. The summed E-state index contributed by atoms with van der Waals surface area (Å²) in [6.45, 7) is 3.50. The molecule has 10 heteroatoms. The summed E-state index contributed by atoms with van der Waals surface area (Å²) in [4.78, 5) is 54.1. The molecule has 2 heterocycles. The quantitative estimate of drug-likeness (QED) is 0.207. The number of allylic oxidation sites excluding steroid dienone is 2. The molecule has 3 aromatic carbocycles. The Morgan fingerprint density at radius 2 is 1.47 bits per heavy atom. The zero-order valence-corrected chi connectivity index (χ0v) is 26.4. The van der Waals surface area contributed by atoms with Gasteiger partial charge in [-0.2, -0.15) is 0 Å². The third-order valence-electron chi connectivity index (χ3n) is 10.0. The van der Waals surface area contributed by atoms with Crippen LogP contribution in [0.2, 0.25) is 0 Å². The molecule has 1 saturated carbocycles. The number of hydrogen-bond donors (Lipinski definition) is 2. The number of aryl methyl sites for hydroxylation is 2. The molecule has 8 nitrogen and oxygen atoms in total. The molecular formula is C35H31Cl2N3O5. The second-order valence-electron chi connectivity index (χ2n) is 12.6. The van der Waals surface area contributed by atoms with E-state index >= 15 is 0 Å². The molecule has 3 aromatic rings. The first-order valence-corrected chi connectivity index (χ1v) is 15.6. The number of nitrogens with zero attached hydrogens (tertiary/aromatic N) is 2. The van der Waals surface area contributed by atoms with E-state index in [2.05, 4.69) is 5.32 Å². The number of imide groups is 2. The highest BCUT2D eigenvalue weighted by Gasteiger charge is 2.75. The van der Waals surface area contributed by atoms with E-state index < -0.39 is 45.2 Å². The van der Waals surface area contributed by atoms with Crippen LogP contribution < -0.4 is 10.2 Å². The highest BCUT2D eigenvalue weighted by atomic mass is 35.5. The molecule has 2 N–H and O–H groups in total. The Hall–Kier alpha value is -4.14. The molecule has 4 amide bonds. The van der Waals surface area contributed by atoms with Crippen molar-refractivity contribution in [3.05, 3.63) is 95.1 Å². The van der Waals surface area contributed by atoms with Gasteiger partial charge in [-0.15, -0.1) is 23.2 Å². The summed E-state index contributed by atoms with van der Waals surface area (Å²) in [5.41, 5.74) is 4.65. The van der Waals surface area contributed by atoms with Gasteiger partial charge in [0, 0.05) is 24.3 Å². The fourth-order valence-corrected chi connectivity index (χ4v) is 8.93. The van der Waals surface area contributed by atoms with E-state index in [4.69, 9.17) is 23.2 Å². The molecule has 2 aliphatic carbocycles. The second-order valence-corrected chi connectivity index (χ2v) is 13.8. The first kappa shape index (κ1) is 29.6. The molecular weight excluding hydrogens is 613 g/mol. The topological polar surface area (TPSA) is 107 Å². The Morgan fingerprint density at radius 3 is 2.11 bits per heavy atom. The minimum atomic E-state index is -1.86. The van der Waals surface area contributed by atoms with Gasteiger partial charge in [0.1, 0.15) is 5.75 Å². The summed E-state index contributed by atoms with van der Waals surface area (Å²) in [5.74, 6) is -4.71. The highest BCUT2D eigenvalue weighted by molar-refractivity contribution is 6.53. The number of aromatic hydroxyl groups is 1. The Kier molecular flexibility index (Phi) is 6.69. The number of halogens is 2. The number of amides is 4. The van der Waals surface area contributed by atoms with Crippen LogP contribution in [-0.4, -0.2) is 50.4 Å². The normalized spacial score (nSPS) is 30.6. The number of anilines is 3. The predicted molar refractivity (Wildman–Crippen MR) is 172 cm³/mol. The van der Waals surface area contributed by atoms with Crippen molar-refractivity contribution < 1.29 is 24.3 Å². The van der Waals surface area contributed by atoms with Crippen LogP contribution >= 0.6 is 23.2 Å². The van der Waals surface area contributed by atoms with Gasteiger partial charge in [0.25, 0.3) is 11.8 Å². The number of para-hydroxylation sites is 1. The number of nitrogens with one attached hydrogen (secondary N) is 1. The lowest BCUT2D eigenvalue weighted by atomic mass is 9.56. The summed E-state index contributed by atoms with van der Waals surface area (Å²) < 4.78 is 0. The fraction of sp³-hybridized carbons (Fsp3) is 0.314. The minimum Gasteiger partial charge on any atom is -0.507 e. The van der Waals surface area contributed by atoms with Crippen molar-refractivity contribution >= 4 is 63.9 Å². The van der Waals surface area contributed by atoms with Crippen molar-refractivity contribution in [1.29, 1.82) is 0 Å². The molecule has 0 spiro atoms. The fourth-order valence-electron chi connectivity index (χ4n) is 7.91. The van der Waals surface area contributed by atoms with Crippen molar-refractivity contribution in [2.45, 2.75) is 42.4 Å². The monoisotopic (exact) mass is 643 g/mol. The van der Waals surface area contributed by atoms with E-state index in [0.717, 1.165) is 16.3 Å². The lowest BCUT2D eigenvalue weighted by Gasteiger charge is -2.51. The number of carbonyl (C=O) groups excluding carboxylic acids is 4. The van der Waals surface area contributed by atoms with E-state index in [0.29, 0.717) is 28.0 Å². The number of phenolic OH excluding ortho intramolecular Hbond substituents is 1.